The van der Waals surface area contributed by atoms with Crippen molar-refractivity contribution in [1.29, 1.82) is 0 Å². The summed E-state index contributed by atoms with van der Waals surface area (Å²) < 4.78 is 0. The molecule has 4 nitrogen and oxygen atoms in total. The number of rotatable bonds is 4. The number of benzene rings is 2. The van der Waals surface area contributed by atoms with Gasteiger partial charge in [0.05, 0.1) is 6.04 Å². The third-order valence-electron chi connectivity index (χ3n) is 4.97. The lowest BCUT2D eigenvalue weighted by molar-refractivity contribution is -0.136. The molecule has 0 aromatic heterocycles. The van der Waals surface area contributed by atoms with Crippen LogP contribution in [-0.2, 0) is 9.59 Å². The van der Waals surface area contributed by atoms with E-state index in [2.05, 4.69) is 5.32 Å². The molecule has 2 aliphatic rings. The summed E-state index contributed by atoms with van der Waals surface area (Å²) in [7, 11) is 0. The maximum atomic E-state index is 13.2. The highest BCUT2D eigenvalue weighted by Gasteiger charge is 2.54. The van der Waals surface area contributed by atoms with Crippen LogP contribution in [0.25, 0.3) is 0 Å². The minimum Gasteiger partial charge on any atom is -0.342 e. The second kappa shape index (κ2) is 6.56. The summed E-state index contributed by atoms with van der Waals surface area (Å²) in [5, 5.41) is 3.22. The number of hydrogen-bond acceptors (Lipinski definition) is 3. The van der Waals surface area contributed by atoms with Crippen LogP contribution in [0.5, 0.6) is 0 Å². The Bertz CT molecular complexity index is 741. The summed E-state index contributed by atoms with van der Waals surface area (Å²) in [5.41, 5.74) is 2.08. The Morgan fingerprint density at radius 1 is 1.04 bits per heavy atom. The molecule has 2 heterocycles. The Kier molecular flexibility index (Phi) is 4.25. The highest BCUT2D eigenvalue weighted by Crippen LogP contribution is 2.45. The van der Waals surface area contributed by atoms with Crippen molar-refractivity contribution >= 4 is 23.6 Å². The van der Waals surface area contributed by atoms with Gasteiger partial charge in [-0.15, -0.1) is 11.8 Å². The number of thioether (sulfide) groups is 1. The maximum absolute atomic E-state index is 13.2. The van der Waals surface area contributed by atoms with Crippen molar-refractivity contribution in [2.45, 2.75) is 23.8 Å². The van der Waals surface area contributed by atoms with E-state index >= 15 is 0 Å². The van der Waals surface area contributed by atoms with Crippen LogP contribution in [0.15, 0.2) is 60.7 Å². The molecule has 5 heteroatoms. The molecule has 2 aromatic rings. The summed E-state index contributed by atoms with van der Waals surface area (Å²) in [6, 6.07) is 19.7. The van der Waals surface area contributed by atoms with Crippen molar-refractivity contribution in [3.8, 4) is 0 Å². The van der Waals surface area contributed by atoms with Crippen LogP contribution < -0.4 is 5.32 Å². The number of hydrogen-bond donors (Lipinski definition) is 1. The zero-order valence-corrected chi connectivity index (χ0v) is 14.7. The number of amides is 2. The van der Waals surface area contributed by atoms with Crippen molar-refractivity contribution in [2.24, 2.45) is 0 Å². The topological polar surface area (TPSA) is 49.4 Å². The average Bonchev–Trinajstić information content (AvgIpc) is 3.23. The molecular weight excluding hydrogens is 332 g/mol. The molecule has 0 spiro atoms. The molecule has 128 valence electrons. The summed E-state index contributed by atoms with van der Waals surface area (Å²) in [6.45, 7) is 0.665. The van der Waals surface area contributed by atoms with Crippen LogP contribution in [0.2, 0.25) is 0 Å². The van der Waals surface area contributed by atoms with Crippen molar-refractivity contribution in [3.63, 3.8) is 0 Å². The predicted molar refractivity (Wildman–Crippen MR) is 99.0 cm³/mol. The Balaban J connectivity index is 1.65. The highest BCUT2D eigenvalue weighted by molar-refractivity contribution is 8.01. The Morgan fingerprint density at radius 2 is 1.64 bits per heavy atom. The number of nitrogens with zero attached hydrogens (tertiary/aromatic N) is 1. The molecule has 2 amide bonds. The lowest BCUT2D eigenvalue weighted by Gasteiger charge is -2.32. The molecule has 0 bridgehead atoms. The van der Waals surface area contributed by atoms with Crippen molar-refractivity contribution < 1.29 is 9.59 Å². The normalized spacial score (nSPS) is 22.3. The molecular formula is C20H20N2O2S. The quantitative estimate of drug-likeness (QED) is 0.920. The largest absolute Gasteiger partial charge is 0.342 e. The van der Waals surface area contributed by atoms with Crippen LogP contribution >= 0.6 is 11.8 Å². The van der Waals surface area contributed by atoms with Gasteiger partial charge in [0.2, 0.25) is 5.91 Å². The van der Waals surface area contributed by atoms with E-state index in [1.807, 2.05) is 60.7 Å². The van der Waals surface area contributed by atoms with E-state index < -0.39 is 4.87 Å². The molecule has 25 heavy (non-hydrogen) atoms. The molecule has 0 unspecified atom stereocenters. The third kappa shape index (κ3) is 2.82. The fraction of sp³-hybridized carbons (Fsp3) is 0.300. The van der Waals surface area contributed by atoms with E-state index in [0.717, 1.165) is 16.9 Å². The average molecular weight is 352 g/mol. The zero-order chi connectivity index (χ0) is 17.3. The van der Waals surface area contributed by atoms with Crippen LogP contribution in [-0.4, -0.2) is 33.9 Å². The Labute approximate surface area is 151 Å². The van der Waals surface area contributed by atoms with Gasteiger partial charge < -0.3 is 10.2 Å². The minimum atomic E-state index is -0.723. The molecule has 2 fully saturated rings. The van der Waals surface area contributed by atoms with Crippen molar-refractivity contribution in [3.05, 3.63) is 71.8 Å². The van der Waals surface area contributed by atoms with Crippen molar-refractivity contribution in [1.82, 2.24) is 10.2 Å². The van der Waals surface area contributed by atoms with E-state index in [-0.39, 0.29) is 17.9 Å². The monoisotopic (exact) mass is 352 g/mol. The molecule has 2 aromatic carbocycles. The number of carbonyl (C=O) groups excluding carboxylic acids is 2. The molecule has 0 radical (unpaired) electrons. The van der Waals surface area contributed by atoms with E-state index in [1.165, 1.54) is 0 Å². The standard InChI is InChI=1S/C20H20N2O2S/c23-17-11-12-20(22(17)13-14-25-20)19(24)21-18(15-7-3-1-4-8-15)16-9-5-2-6-10-16/h1-10,18H,11-14H2,(H,21,24)/t20-/m1/s1. The predicted octanol–water partition coefficient (Wildman–Crippen LogP) is 2.96. The number of fused-ring (bicyclic) bond motifs is 1. The molecule has 4 rings (SSSR count). The summed E-state index contributed by atoms with van der Waals surface area (Å²) >= 11 is 1.60. The van der Waals surface area contributed by atoms with Gasteiger partial charge in [-0.3, -0.25) is 9.59 Å². The van der Waals surface area contributed by atoms with Gasteiger partial charge in [-0.25, -0.2) is 0 Å². The SMILES string of the molecule is O=C1CC[C@]2(C(=O)NC(c3ccccc3)c3ccccc3)SCCN12. The minimum absolute atomic E-state index is 0.0569. The fourth-order valence-corrected chi connectivity index (χ4v) is 5.10. The Morgan fingerprint density at radius 3 is 2.24 bits per heavy atom. The van der Waals surface area contributed by atoms with Crippen LogP contribution in [0.3, 0.4) is 0 Å². The van der Waals surface area contributed by atoms with Gasteiger partial charge in [-0.05, 0) is 17.5 Å². The molecule has 0 aliphatic carbocycles. The zero-order valence-electron chi connectivity index (χ0n) is 13.9. The molecule has 2 saturated heterocycles. The van der Waals surface area contributed by atoms with E-state index in [1.54, 1.807) is 16.7 Å². The van der Waals surface area contributed by atoms with Gasteiger partial charge in [-0.1, -0.05) is 60.7 Å². The first-order valence-electron chi connectivity index (χ1n) is 8.56. The van der Waals surface area contributed by atoms with E-state index in [0.29, 0.717) is 19.4 Å². The molecule has 0 saturated carbocycles. The van der Waals surface area contributed by atoms with Gasteiger partial charge in [0, 0.05) is 18.7 Å². The van der Waals surface area contributed by atoms with Crippen LogP contribution in [0, 0.1) is 0 Å². The fourth-order valence-electron chi connectivity index (χ4n) is 3.70. The van der Waals surface area contributed by atoms with Crippen molar-refractivity contribution in [2.75, 3.05) is 12.3 Å². The molecule has 1 atom stereocenters. The summed E-state index contributed by atoms with van der Waals surface area (Å²) in [5.74, 6) is 0.857. The molecule has 1 N–H and O–H groups in total. The summed E-state index contributed by atoms with van der Waals surface area (Å²) in [6.07, 6.45) is 1.06. The number of carbonyl (C=O) groups is 2. The van der Waals surface area contributed by atoms with Gasteiger partial charge in [-0.2, -0.15) is 0 Å². The van der Waals surface area contributed by atoms with Crippen LogP contribution in [0.1, 0.15) is 30.0 Å². The molecule has 2 aliphatic heterocycles. The van der Waals surface area contributed by atoms with Gasteiger partial charge in [0.25, 0.3) is 5.91 Å². The first kappa shape index (κ1) is 16.2. The lowest BCUT2D eigenvalue weighted by atomic mass is 9.98. The highest BCUT2D eigenvalue weighted by atomic mass is 32.2. The first-order chi connectivity index (χ1) is 12.2. The van der Waals surface area contributed by atoms with Gasteiger partial charge in [0.1, 0.15) is 0 Å². The maximum Gasteiger partial charge on any atom is 0.257 e. The Hall–Kier alpha value is -2.27. The van der Waals surface area contributed by atoms with Gasteiger partial charge in [0.15, 0.2) is 4.87 Å². The summed E-state index contributed by atoms with van der Waals surface area (Å²) in [4.78, 5) is 26.4. The van der Waals surface area contributed by atoms with E-state index in [9.17, 15) is 9.59 Å². The second-order valence-electron chi connectivity index (χ2n) is 6.41. The van der Waals surface area contributed by atoms with Gasteiger partial charge >= 0.3 is 0 Å². The second-order valence-corrected chi connectivity index (χ2v) is 7.78. The lowest BCUT2D eigenvalue weighted by Crippen LogP contribution is -2.52. The van der Waals surface area contributed by atoms with Crippen LogP contribution in [0.4, 0.5) is 0 Å². The smallest absolute Gasteiger partial charge is 0.257 e. The third-order valence-corrected chi connectivity index (χ3v) is 6.44. The first-order valence-corrected chi connectivity index (χ1v) is 9.54. The van der Waals surface area contributed by atoms with E-state index in [4.69, 9.17) is 0 Å². The number of nitrogens with one attached hydrogen (secondary N) is 1.